The van der Waals surface area contributed by atoms with E-state index in [-0.39, 0.29) is 5.82 Å². The van der Waals surface area contributed by atoms with E-state index in [2.05, 4.69) is 33.6 Å². The smallest absolute Gasteiger partial charge is 0.183 e. The molecule has 4 aromatic rings. The molecule has 0 saturated carbocycles. The molecule has 3 heterocycles. The fourth-order valence-electron chi connectivity index (χ4n) is 3.17. The number of rotatable bonds is 7. The molecule has 1 N–H and O–H groups in total. The summed E-state index contributed by atoms with van der Waals surface area (Å²) >= 11 is 1.59. The Morgan fingerprint density at radius 2 is 1.97 bits per heavy atom. The van der Waals surface area contributed by atoms with Crippen LogP contribution in [0.15, 0.2) is 42.7 Å². The molecule has 0 aliphatic heterocycles. The van der Waals surface area contributed by atoms with Gasteiger partial charge in [-0.1, -0.05) is 23.5 Å². The van der Waals surface area contributed by atoms with Gasteiger partial charge in [0, 0.05) is 31.0 Å². The minimum Gasteiger partial charge on any atom is -0.357 e. The lowest BCUT2D eigenvalue weighted by molar-refractivity contribution is 0.619. The van der Waals surface area contributed by atoms with Crippen molar-refractivity contribution in [2.24, 2.45) is 0 Å². The van der Waals surface area contributed by atoms with Gasteiger partial charge in [0.2, 0.25) is 0 Å². The Morgan fingerprint density at radius 1 is 1.10 bits per heavy atom. The third-order valence-corrected chi connectivity index (χ3v) is 5.84. The number of nitrogens with zero attached hydrogens (tertiary/aromatic N) is 5. The van der Waals surface area contributed by atoms with Gasteiger partial charge in [0.25, 0.3) is 0 Å². The van der Waals surface area contributed by atoms with Crippen molar-refractivity contribution in [1.29, 1.82) is 0 Å². The number of halogens is 1. The van der Waals surface area contributed by atoms with Gasteiger partial charge in [0.05, 0.1) is 22.8 Å². The van der Waals surface area contributed by atoms with Crippen molar-refractivity contribution in [3.8, 4) is 10.6 Å². The SMILES string of the molecule is CCn1cc(CNc2nc(C)c(-c3ccn(Cc4cccc(F)c4)n3)s2)c(C)n1. The van der Waals surface area contributed by atoms with Crippen LogP contribution in [0.3, 0.4) is 0 Å². The van der Waals surface area contributed by atoms with Crippen LogP contribution in [0.4, 0.5) is 9.52 Å². The van der Waals surface area contributed by atoms with Gasteiger partial charge in [-0.05, 0) is 44.5 Å². The Bertz CT molecular complexity index is 1130. The maximum atomic E-state index is 13.4. The van der Waals surface area contributed by atoms with Crippen molar-refractivity contribution in [3.63, 3.8) is 0 Å². The van der Waals surface area contributed by atoms with Crippen LogP contribution in [-0.4, -0.2) is 24.5 Å². The molecule has 150 valence electrons. The minimum absolute atomic E-state index is 0.233. The first kappa shape index (κ1) is 19.3. The number of aromatic nitrogens is 5. The van der Waals surface area contributed by atoms with Crippen LogP contribution in [0.5, 0.6) is 0 Å². The third kappa shape index (κ3) is 4.37. The maximum absolute atomic E-state index is 13.4. The van der Waals surface area contributed by atoms with Crippen LogP contribution < -0.4 is 5.32 Å². The molecule has 0 aliphatic rings. The van der Waals surface area contributed by atoms with Crippen molar-refractivity contribution < 1.29 is 4.39 Å². The van der Waals surface area contributed by atoms with E-state index >= 15 is 0 Å². The number of benzene rings is 1. The zero-order valence-electron chi connectivity index (χ0n) is 16.7. The number of hydrogen-bond acceptors (Lipinski definition) is 5. The molecular formula is C21H23FN6S. The molecule has 0 saturated heterocycles. The van der Waals surface area contributed by atoms with Gasteiger partial charge in [0.15, 0.2) is 5.13 Å². The number of aryl methyl sites for hydroxylation is 3. The summed E-state index contributed by atoms with van der Waals surface area (Å²) in [6.07, 6.45) is 3.98. The van der Waals surface area contributed by atoms with Crippen LogP contribution in [-0.2, 0) is 19.6 Å². The highest BCUT2D eigenvalue weighted by Gasteiger charge is 2.13. The largest absolute Gasteiger partial charge is 0.357 e. The zero-order valence-corrected chi connectivity index (χ0v) is 17.5. The molecule has 6 nitrogen and oxygen atoms in total. The predicted molar refractivity (Wildman–Crippen MR) is 114 cm³/mol. The Balaban J connectivity index is 1.46. The van der Waals surface area contributed by atoms with Gasteiger partial charge in [-0.25, -0.2) is 9.37 Å². The first-order chi connectivity index (χ1) is 14.0. The van der Waals surface area contributed by atoms with Crippen LogP contribution in [0.25, 0.3) is 10.6 Å². The standard InChI is InChI=1S/C21H23FN6S/c1-4-27-13-17(14(2)25-27)11-23-21-24-15(3)20(29-21)19-8-9-28(26-19)12-16-6-5-7-18(22)10-16/h5-10,13H,4,11-12H2,1-3H3,(H,23,24). The highest BCUT2D eigenvalue weighted by molar-refractivity contribution is 7.19. The van der Waals surface area contributed by atoms with Gasteiger partial charge < -0.3 is 5.32 Å². The second-order valence-corrected chi connectivity index (χ2v) is 7.91. The van der Waals surface area contributed by atoms with Gasteiger partial charge in [-0.15, -0.1) is 0 Å². The average molecular weight is 411 g/mol. The Hall–Kier alpha value is -3.00. The molecular weight excluding hydrogens is 387 g/mol. The molecule has 0 unspecified atom stereocenters. The lowest BCUT2D eigenvalue weighted by Gasteiger charge is -2.02. The molecule has 0 atom stereocenters. The average Bonchev–Trinajstić information content (AvgIpc) is 3.39. The highest BCUT2D eigenvalue weighted by Crippen LogP contribution is 2.32. The second-order valence-electron chi connectivity index (χ2n) is 6.91. The van der Waals surface area contributed by atoms with E-state index in [0.717, 1.165) is 39.2 Å². The minimum atomic E-state index is -0.233. The Morgan fingerprint density at radius 3 is 2.72 bits per heavy atom. The molecule has 0 aliphatic carbocycles. The van der Waals surface area contributed by atoms with Gasteiger partial charge in [-0.2, -0.15) is 10.2 Å². The van der Waals surface area contributed by atoms with E-state index in [1.165, 1.54) is 17.7 Å². The predicted octanol–water partition coefficient (Wildman–Crippen LogP) is 4.64. The van der Waals surface area contributed by atoms with Crippen LogP contribution in [0, 0.1) is 19.7 Å². The molecule has 3 aromatic heterocycles. The molecule has 29 heavy (non-hydrogen) atoms. The molecule has 0 fully saturated rings. The van der Waals surface area contributed by atoms with Crippen LogP contribution >= 0.6 is 11.3 Å². The summed E-state index contributed by atoms with van der Waals surface area (Å²) in [6, 6.07) is 8.56. The van der Waals surface area contributed by atoms with Crippen molar-refractivity contribution in [2.45, 2.75) is 40.4 Å². The molecule has 0 spiro atoms. The number of anilines is 1. The van der Waals surface area contributed by atoms with Crippen LogP contribution in [0.2, 0.25) is 0 Å². The van der Waals surface area contributed by atoms with Crippen molar-refractivity contribution in [2.75, 3.05) is 5.32 Å². The fourth-order valence-corrected chi connectivity index (χ4v) is 4.10. The summed E-state index contributed by atoms with van der Waals surface area (Å²) in [5.41, 5.74) is 4.89. The summed E-state index contributed by atoms with van der Waals surface area (Å²) in [4.78, 5) is 5.68. The van der Waals surface area contributed by atoms with Crippen molar-refractivity contribution in [1.82, 2.24) is 24.5 Å². The van der Waals surface area contributed by atoms with E-state index in [4.69, 9.17) is 0 Å². The van der Waals surface area contributed by atoms with Crippen molar-refractivity contribution in [3.05, 3.63) is 71.1 Å². The van der Waals surface area contributed by atoms with Crippen molar-refractivity contribution >= 4 is 16.5 Å². The third-order valence-electron chi connectivity index (χ3n) is 4.71. The first-order valence-corrected chi connectivity index (χ1v) is 10.4. The summed E-state index contributed by atoms with van der Waals surface area (Å²) in [5.74, 6) is -0.233. The van der Waals surface area contributed by atoms with Gasteiger partial charge in [0.1, 0.15) is 11.5 Å². The second kappa shape index (κ2) is 8.16. The number of hydrogen-bond donors (Lipinski definition) is 1. The fraction of sp³-hybridized carbons (Fsp3) is 0.286. The molecule has 4 rings (SSSR count). The summed E-state index contributed by atoms with van der Waals surface area (Å²) in [6.45, 7) is 8.16. The Labute approximate surface area is 173 Å². The number of nitrogens with one attached hydrogen (secondary N) is 1. The Kier molecular flexibility index (Phi) is 5.44. The summed E-state index contributed by atoms with van der Waals surface area (Å²) in [5, 5.41) is 13.4. The zero-order chi connectivity index (χ0) is 20.4. The molecule has 0 radical (unpaired) electrons. The van der Waals surface area contributed by atoms with E-state index in [1.54, 1.807) is 17.4 Å². The summed E-state index contributed by atoms with van der Waals surface area (Å²) in [7, 11) is 0. The lowest BCUT2D eigenvalue weighted by Crippen LogP contribution is -2.00. The normalized spacial score (nSPS) is 11.2. The van der Waals surface area contributed by atoms with Gasteiger partial charge >= 0.3 is 0 Å². The first-order valence-electron chi connectivity index (χ1n) is 9.54. The summed E-state index contributed by atoms with van der Waals surface area (Å²) < 4.78 is 17.1. The van der Waals surface area contributed by atoms with E-state index < -0.39 is 0 Å². The highest BCUT2D eigenvalue weighted by atomic mass is 32.1. The van der Waals surface area contributed by atoms with Gasteiger partial charge in [-0.3, -0.25) is 9.36 Å². The molecule has 0 bridgehead atoms. The quantitative estimate of drug-likeness (QED) is 0.482. The molecule has 1 aromatic carbocycles. The van der Waals surface area contributed by atoms with E-state index in [0.29, 0.717) is 13.1 Å². The lowest BCUT2D eigenvalue weighted by atomic mass is 10.2. The molecule has 0 amide bonds. The van der Waals surface area contributed by atoms with Crippen LogP contribution in [0.1, 0.15) is 29.4 Å². The molecule has 8 heteroatoms. The van der Waals surface area contributed by atoms with E-state index in [9.17, 15) is 4.39 Å². The maximum Gasteiger partial charge on any atom is 0.183 e. The monoisotopic (exact) mass is 410 g/mol. The topological polar surface area (TPSA) is 60.6 Å². The number of thiazole rings is 1. The van der Waals surface area contributed by atoms with E-state index in [1.807, 2.05) is 41.5 Å².